The van der Waals surface area contributed by atoms with E-state index in [1.54, 1.807) is 0 Å². The van der Waals surface area contributed by atoms with Gasteiger partial charge in [0.05, 0.1) is 24.8 Å². The van der Waals surface area contributed by atoms with Crippen molar-refractivity contribution in [3.63, 3.8) is 0 Å². The van der Waals surface area contributed by atoms with Gasteiger partial charge in [0.25, 0.3) is 5.91 Å². The second kappa shape index (κ2) is 6.07. The molecule has 1 atom stereocenters. The van der Waals surface area contributed by atoms with E-state index in [2.05, 4.69) is 5.32 Å². The molecule has 6 nitrogen and oxygen atoms in total. The van der Waals surface area contributed by atoms with E-state index in [1.165, 1.54) is 25.3 Å². The van der Waals surface area contributed by atoms with Crippen LogP contribution >= 0.6 is 0 Å². The van der Waals surface area contributed by atoms with Crippen LogP contribution in [0.15, 0.2) is 18.2 Å². The van der Waals surface area contributed by atoms with Crippen molar-refractivity contribution in [2.45, 2.75) is 6.04 Å². The number of nitrogens with one attached hydrogen (secondary N) is 1. The van der Waals surface area contributed by atoms with Crippen LogP contribution in [0.1, 0.15) is 10.4 Å². The number of nitrogens with two attached hydrogens (primary N) is 1. The number of phenols is 1. The van der Waals surface area contributed by atoms with Crippen LogP contribution in [0.5, 0.6) is 5.75 Å². The minimum absolute atomic E-state index is 0.0448. The third-order valence-corrected chi connectivity index (χ3v) is 2.20. The van der Waals surface area contributed by atoms with Gasteiger partial charge < -0.3 is 26.0 Å². The predicted molar refractivity (Wildman–Crippen MR) is 62.7 cm³/mol. The number of aromatic hydroxyl groups is 1. The van der Waals surface area contributed by atoms with Crippen LogP contribution in [0.4, 0.5) is 5.69 Å². The molecule has 1 aromatic rings. The zero-order chi connectivity index (χ0) is 12.8. The molecular formula is C11H16N2O4. The molecule has 0 aliphatic carbocycles. The lowest BCUT2D eigenvalue weighted by atomic mass is 10.1. The molecular weight excluding hydrogens is 224 g/mol. The lowest BCUT2D eigenvalue weighted by Crippen LogP contribution is -2.40. The molecule has 1 amide bonds. The number of phenolic OH excluding ortho intramolecular Hbond substituents is 1. The topological polar surface area (TPSA) is 105 Å². The second-order valence-electron chi connectivity index (χ2n) is 3.58. The summed E-state index contributed by atoms with van der Waals surface area (Å²) in [4.78, 5) is 11.8. The molecule has 0 aliphatic heterocycles. The fourth-order valence-electron chi connectivity index (χ4n) is 1.35. The number of methoxy groups -OCH3 is 1. The van der Waals surface area contributed by atoms with Gasteiger partial charge in [-0.1, -0.05) is 0 Å². The first-order valence-electron chi connectivity index (χ1n) is 5.07. The third-order valence-electron chi connectivity index (χ3n) is 2.20. The van der Waals surface area contributed by atoms with Gasteiger partial charge >= 0.3 is 0 Å². The maximum atomic E-state index is 11.8. The molecule has 0 aromatic heterocycles. The summed E-state index contributed by atoms with van der Waals surface area (Å²) in [5.41, 5.74) is 6.04. The average molecular weight is 240 g/mol. The number of aliphatic hydroxyl groups excluding tert-OH is 1. The number of carbonyl (C=O) groups is 1. The van der Waals surface area contributed by atoms with E-state index in [0.29, 0.717) is 0 Å². The predicted octanol–water partition coefficient (Wildman–Crippen LogP) is -0.289. The summed E-state index contributed by atoms with van der Waals surface area (Å²) in [6, 6.07) is 3.60. The average Bonchev–Trinajstić information content (AvgIpc) is 2.31. The van der Waals surface area contributed by atoms with Crippen molar-refractivity contribution in [2.24, 2.45) is 0 Å². The molecule has 0 aliphatic rings. The highest BCUT2D eigenvalue weighted by Crippen LogP contribution is 2.18. The number of aliphatic hydroxyl groups is 1. The Morgan fingerprint density at radius 3 is 2.88 bits per heavy atom. The Morgan fingerprint density at radius 1 is 1.59 bits per heavy atom. The first-order valence-corrected chi connectivity index (χ1v) is 5.07. The first kappa shape index (κ1) is 13.3. The molecule has 0 saturated heterocycles. The van der Waals surface area contributed by atoms with Crippen LogP contribution in [0, 0.1) is 0 Å². The Kier molecular flexibility index (Phi) is 4.74. The summed E-state index contributed by atoms with van der Waals surface area (Å²) in [5, 5.41) is 20.8. The van der Waals surface area contributed by atoms with Crippen molar-refractivity contribution in [1.29, 1.82) is 0 Å². The maximum absolute atomic E-state index is 11.8. The number of ether oxygens (including phenoxy) is 1. The van der Waals surface area contributed by atoms with Crippen LogP contribution in [0.25, 0.3) is 0 Å². The van der Waals surface area contributed by atoms with Gasteiger partial charge in [0.2, 0.25) is 0 Å². The monoisotopic (exact) mass is 240 g/mol. The van der Waals surface area contributed by atoms with E-state index < -0.39 is 11.9 Å². The minimum Gasteiger partial charge on any atom is -0.508 e. The Hall–Kier alpha value is -1.79. The van der Waals surface area contributed by atoms with Crippen LogP contribution in [-0.4, -0.2) is 42.5 Å². The van der Waals surface area contributed by atoms with Crippen molar-refractivity contribution < 1.29 is 19.7 Å². The lowest BCUT2D eigenvalue weighted by Gasteiger charge is -2.16. The summed E-state index contributed by atoms with van der Waals surface area (Å²) in [5.74, 6) is -0.508. The number of amides is 1. The zero-order valence-corrected chi connectivity index (χ0v) is 9.51. The SMILES string of the molecule is COCC(CO)NC(=O)c1cc(O)ccc1N. The normalized spacial score (nSPS) is 12.1. The van der Waals surface area contributed by atoms with Gasteiger partial charge in [0.15, 0.2) is 0 Å². The summed E-state index contributed by atoms with van der Waals surface area (Å²) < 4.78 is 4.83. The largest absolute Gasteiger partial charge is 0.508 e. The van der Waals surface area contributed by atoms with Crippen molar-refractivity contribution >= 4 is 11.6 Å². The number of anilines is 1. The summed E-state index contributed by atoms with van der Waals surface area (Å²) >= 11 is 0. The molecule has 0 heterocycles. The van der Waals surface area contributed by atoms with Crippen LogP contribution in [0.3, 0.4) is 0 Å². The molecule has 0 radical (unpaired) electrons. The quantitative estimate of drug-likeness (QED) is 0.418. The van der Waals surface area contributed by atoms with Gasteiger partial charge in [0, 0.05) is 12.8 Å². The van der Waals surface area contributed by atoms with Gasteiger partial charge in [-0.3, -0.25) is 4.79 Å². The standard InChI is InChI=1S/C11H16N2O4/c1-17-6-7(5-14)13-11(16)9-4-8(15)2-3-10(9)12/h2-4,7,14-15H,5-6,12H2,1H3,(H,13,16). The number of rotatable bonds is 5. The van der Waals surface area contributed by atoms with Crippen LogP contribution in [0.2, 0.25) is 0 Å². The molecule has 1 unspecified atom stereocenters. The highest BCUT2D eigenvalue weighted by molar-refractivity contribution is 5.99. The Bertz CT molecular complexity index is 395. The van der Waals surface area contributed by atoms with E-state index in [9.17, 15) is 9.90 Å². The number of hydrogen-bond donors (Lipinski definition) is 4. The van der Waals surface area contributed by atoms with Gasteiger partial charge in [-0.25, -0.2) is 0 Å². The molecule has 1 aromatic carbocycles. The van der Waals surface area contributed by atoms with Crippen LogP contribution < -0.4 is 11.1 Å². The van der Waals surface area contributed by atoms with Gasteiger partial charge in [-0.2, -0.15) is 0 Å². The highest BCUT2D eigenvalue weighted by atomic mass is 16.5. The van der Waals surface area contributed by atoms with E-state index in [1.807, 2.05) is 0 Å². The molecule has 0 spiro atoms. The Labute approximate surface area is 99.0 Å². The number of carbonyl (C=O) groups excluding carboxylic acids is 1. The number of nitrogen functional groups attached to an aromatic ring is 1. The molecule has 1 rings (SSSR count). The maximum Gasteiger partial charge on any atom is 0.253 e. The van der Waals surface area contributed by atoms with Gasteiger partial charge in [0.1, 0.15) is 5.75 Å². The zero-order valence-electron chi connectivity index (χ0n) is 9.51. The van der Waals surface area contributed by atoms with Crippen molar-refractivity contribution in [3.05, 3.63) is 23.8 Å². The highest BCUT2D eigenvalue weighted by Gasteiger charge is 2.15. The van der Waals surface area contributed by atoms with Crippen molar-refractivity contribution in [2.75, 3.05) is 26.1 Å². The number of benzene rings is 1. The fraction of sp³-hybridized carbons (Fsp3) is 0.364. The fourth-order valence-corrected chi connectivity index (χ4v) is 1.35. The molecule has 0 saturated carbocycles. The van der Waals surface area contributed by atoms with E-state index >= 15 is 0 Å². The van der Waals surface area contributed by atoms with Crippen molar-refractivity contribution in [3.8, 4) is 5.75 Å². The van der Waals surface area contributed by atoms with Crippen LogP contribution in [-0.2, 0) is 4.74 Å². The van der Waals surface area contributed by atoms with Gasteiger partial charge in [-0.15, -0.1) is 0 Å². The lowest BCUT2D eigenvalue weighted by molar-refractivity contribution is 0.0840. The second-order valence-corrected chi connectivity index (χ2v) is 3.58. The first-order chi connectivity index (χ1) is 8.08. The molecule has 5 N–H and O–H groups in total. The summed E-state index contributed by atoms with van der Waals surface area (Å²) in [7, 11) is 1.47. The Morgan fingerprint density at radius 2 is 2.29 bits per heavy atom. The molecule has 0 fully saturated rings. The summed E-state index contributed by atoms with van der Waals surface area (Å²) in [6.07, 6.45) is 0. The number of hydrogen-bond acceptors (Lipinski definition) is 5. The molecule has 0 bridgehead atoms. The summed E-state index contributed by atoms with van der Waals surface area (Å²) in [6.45, 7) is -0.0424. The smallest absolute Gasteiger partial charge is 0.253 e. The molecule has 17 heavy (non-hydrogen) atoms. The van der Waals surface area contributed by atoms with E-state index in [4.69, 9.17) is 15.6 Å². The van der Waals surface area contributed by atoms with Crippen molar-refractivity contribution in [1.82, 2.24) is 5.32 Å². The van der Waals surface area contributed by atoms with Gasteiger partial charge in [-0.05, 0) is 18.2 Å². The third kappa shape index (κ3) is 3.61. The van der Waals surface area contributed by atoms with E-state index in [-0.39, 0.29) is 30.2 Å². The minimum atomic E-state index is -0.505. The Balaban J connectivity index is 2.78. The van der Waals surface area contributed by atoms with E-state index in [0.717, 1.165) is 0 Å². The molecule has 94 valence electrons. The molecule has 6 heteroatoms.